The van der Waals surface area contributed by atoms with Crippen LogP contribution in [0.1, 0.15) is 27.9 Å². The van der Waals surface area contributed by atoms with Crippen molar-refractivity contribution < 1.29 is 24.2 Å². The molecule has 204 valence electrons. The number of benzene rings is 2. The molecule has 5 aromatic rings. The number of esters is 1. The highest BCUT2D eigenvalue weighted by molar-refractivity contribution is 6.32. The van der Waals surface area contributed by atoms with Crippen LogP contribution in [-0.2, 0) is 7.05 Å². The van der Waals surface area contributed by atoms with Gasteiger partial charge in [0.25, 0.3) is 5.91 Å². The van der Waals surface area contributed by atoms with Crippen LogP contribution in [0.15, 0.2) is 47.5 Å². The lowest BCUT2D eigenvalue weighted by Gasteiger charge is -2.12. The average molecular weight is 565 g/mol. The molecule has 0 unspecified atom stereocenters. The number of H-pyrrole nitrogens is 1. The Hall–Kier alpha value is -5.24. The molecule has 0 aliphatic heterocycles. The number of ether oxygens (including phenoxy) is 2. The Morgan fingerprint density at radius 3 is 2.65 bits per heavy atom. The smallest absolute Gasteiger partial charge is 0.366 e. The fraction of sp³-hybridized carbons (Fsp3) is 0.160. The number of aromatic hydroxyl groups is 1. The van der Waals surface area contributed by atoms with Crippen molar-refractivity contribution in [3.63, 3.8) is 0 Å². The van der Waals surface area contributed by atoms with Crippen molar-refractivity contribution in [3.05, 3.63) is 69.6 Å². The van der Waals surface area contributed by atoms with E-state index in [0.717, 1.165) is 21.5 Å². The second-order valence-corrected chi connectivity index (χ2v) is 8.79. The summed E-state index contributed by atoms with van der Waals surface area (Å²) in [6.07, 6.45) is 1.12. The van der Waals surface area contributed by atoms with Crippen LogP contribution in [0, 0.1) is 0 Å². The number of rotatable bonds is 7. The number of phenolic OH excluding ortho intramolecular Hbond substituents is 1. The predicted molar refractivity (Wildman–Crippen MR) is 142 cm³/mol. The Kier molecular flexibility index (Phi) is 6.92. The van der Waals surface area contributed by atoms with E-state index in [1.54, 1.807) is 31.2 Å². The fourth-order valence-corrected chi connectivity index (χ4v) is 4.14. The first-order valence-corrected chi connectivity index (χ1v) is 12.1. The van der Waals surface area contributed by atoms with Crippen molar-refractivity contribution in [2.75, 3.05) is 13.7 Å². The minimum Gasteiger partial charge on any atom is -0.506 e. The molecule has 1 amide bonds. The van der Waals surface area contributed by atoms with Crippen LogP contribution in [0.3, 0.4) is 0 Å². The first-order valence-electron chi connectivity index (χ1n) is 11.8. The summed E-state index contributed by atoms with van der Waals surface area (Å²) in [5, 5.41) is 27.7. The van der Waals surface area contributed by atoms with Crippen molar-refractivity contribution in [2.24, 2.45) is 7.05 Å². The molecular formula is C25H21ClN8O6. The number of nitrogens with one attached hydrogen (secondary N) is 2. The number of methoxy groups -OCH3 is 1. The molecule has 3 heterocycles. The van der Waals surface area contributed by atoms with Gasteiger partial charge in [0.1, 0.15) is 35.0 Å². The van der Waals surface area contributed by atoms with Crippen molar-refractivity contribution in [1.29, 1.82) is 0 Å². The second kappa shape index (κ2) is 10.5. The summed E-state index contributed by atoms with van der Waals surface area (Å²) in [5.41, 5.74) is 0.539. The summed E-state index contributed by atoms with van der Waals surface area (Å²) in [6, 6.07) is 9.39. The molecule has 3 N–H and O–H groups in total. The number of aromatic amines is 1. The number of hydrogen-bond acceptors (Lipinski definition) is 10. The molecule has 0 bridgehead atoms. The van der Waals surface area contributed by atoms with Gasteiger partial charge in [-0.15, -0.1) is 5.10 Å². The van der Waals surface area contributed by atoms with E-state index >= 15 is 0 Å². The lowest BCUT2D eigenvalue weighted by molar-refractivity contribution is 0.0731. The van der Waals surface area contributed by atoms with Crippen LogP contribution in [0.5, 0.6) is 17.2 Å². The monoisotopic (exact) mass is 564 g/mol. The average Bonchev–Trinajstić information content (AvgIpc) is 3.58. The Morgan fingerprint density at radius 1 is 1.20 bits per heavy atom. The molecule has 0 saturated heterocycles. The Morgan fingerprint density at radius 2 is 1.95 bits per heavy atom. The number of phenols is 1. The zero-order valence-corrected chi connectivity index (χ0v) is 22.1. The maximum Gasteiger partial charge on any atom is 0.366 e. The zero-order valence-electron chi connectivity index (χ0n) is 21.3. The van der Waals surface area contributed by atoms with Gasteiger partial charge in [-0.05, 0) is 30.7 Å². The summed E-state index contributed by atoms with van der Waals surface area (Å²) in [6.45, 7) is 2.15. The number of imidazole rings is 1. The summed E-state index contributed by atoms with van der Waals surface area (Å²) in [4.78, 5) is 42.4. The number of aryl methyl sites for hydroxylation is 1. The molecule has 0 saturated carbocycles. The first-order chi connectivity index (χ1) is 19.2. The highest BCUT2D eigenvalue weighted by atomic mass is 35.5. The lowest BCUT2D eigenvalue weighted by Crippen LogP contribution is -2.27. The topological polar surface area (TPSA) is 179 Å². The number of fused-ring (bicyclic) bond motifs is 1. The summed E-state index contributed by atoms with van der Waals surface area (Å²) >= 11 is 6.24. The lowest BCUT2D eigenvalue weighted by atomic mass is 9.97. The number of carbonyl (C=O) groups is 2. The second-order valence-electron chi connectivity index (χ2n) is 8.38. The van der Waals surface area contributed by atoms with Gasteiger partial charge < -0.3 is 19.9 Å². The van der Waals surface area contributed by atoms with Crippen molar-refractivity contribution in [1.82, 2.24) is 39.9 Å². The normalized spacial score (nSPS) is 11.0. The maximum atomic E-state index is 13.2. The third-order valence-corrected chi connectivity index (χ3v) is 6.21. The van der Waals surface area contributed by atoms with E-state index < -0.39 is 17.6 Å². The summed E-state index contributed by atoms with van der Waals surface area (Å²) < 4.78 is 12.9. The van der Waals surface area contributed by atoms with Gasteiger partial charge in [0.2, 0.25) is 0 Å². The quantitative estimate of drug-likeness (QED) is 0.196. The Balaban J connectivity index is 1.65. The minimum absolute atomic E-state index is 0.0557. The molecule has 0 aliphatic rings. The van der Waals surface area contributed by atoms with Crippen LogP contribution < -0.4 is 20.5 Å². The van der Waals surface area contributed by atoms with Crippen LogP contribution in [0.2, 0.25) is 5.02 Å². The number of aromatic nitrogens is 7. The van der Waals surface area contributed by atoms with Crippen LogP contribution in [0.4, 0.5) is 0 Å². The zero-order chi connectivity index (χ0) is 28.6. The molecule has 0 atom stereocenters. The number of hydrogen-bond donors (Lipinski definition) is 3. The van der Waals surface area contributed by atoms with Gasteiger partial charge in [0.05, 0.1) is 12.1 Å². The number of nitrogens with zero attached hydrogens (tertiary/aromatic N) is 6. The third kappa shape index (κ3) is 4.60. The molecule has 2 aromatic carbocycles. The van der Waals surface area contributed by atoms with Crippen molar-refractivity contribution in [2.45, 2.75) is 6.92 Å². The molecular weight excluding hydrogens is 544 g/mol. The first kappa shape index (κ1) is 26.4. The van der Waals surface area contributed by atoms with E-state index in [9.17, 15) is 19.5 Å². The van der Waals surface area contributed by atoms with E-state index in [4.69, 9.17) is 21.1 Å². The largest absolute Gasteiger partial charge is 0.506 e. The van der Waals surface area contributed by atoms with Crippen LogP contribution in [0.25, 0.3) is 28.0 Å². The van der Waals surface area contributed by atoms with Gasteiger partial charge in [-0.2, -0.15) is 9.78 Å². The van der Waals surface area contributed by atoms with Crippen LogP contribution in [-0.4, -0.2) is 65.2 Å². The SMILES string of the molecule is CCNC(=O)c1[nH]nc(-c2cc(Cl)c(O)cc2OC(=O)c2ncn3c(=O)n(C)nnc23)c1-c1ccc(OC)cc1. The Labute approximate surface area is 230 Å². The molecule has 3 aromatic heterocycles. The van der Waals surface area contributed by atoms with Gasteiger partial charge in [-0.1, -0.05) is 28.9 Å². The van der Waals surface area contributed by atoms with E-state index in [-0.39, 0.29) is 44.8 Å². The van der Waals surface area contributed by atoms with Gasteiger partial charge in [-0.3, -0.25) is 9.89 Å². The highest BCUT2D eigenvalue weighted by Crippen LogP contribution is 2.42. The summed E-state index contributed by atoms with van der Waals surface area (Å²) in [5.74, 6) is -1.32. The van der Waals surface area contributed by atoms with Crippen molar-refractivity contribution >= 4 is 29.1 Å². The Bertz CT molecular complexity index is 1830. The third-order valence-electron chi connectivity index (χ3n) is 5.91. The molecule has 0 radical (unpaired) electrons. The highest BCUT2D eigenvalue weighted by Gasteiger charge is 2.27. The van der Waals surface area contributed by atoms with E-state index in [2.05, 4.69) is 30.8 Å². The standard InChI is InChI=1S/C25H21ClN8O6/c1-4-27-23(36)20-18(12-5-7-13(39-3)8-6-12)19(29-30-20)14-9-15(26)16(35)10-17(14)40-24(37)21-22-31-32-33(2)25(38)34(22)11-28-21/h5-11,35H,4H2,1-3H3,(H,27,36)(H,29,30). The number of amides is 1. The molecule has 0 aliphatic carbocycles. The molecule has 14 nitrogen and oxygen atoms in total. The maximum absolute atomic E-state index is 13.2. The van der Waals surface area contributed by atoms with Crippen molar-refractivity contribution in [3.8, 4) is 39.6 Å². The van der Waals surface area contributed by atoms with E-state index in [1.807, 2.05) is 0 Å². The van der Waals surface area contributed by atoms with E-state index in [0.29, 0.717) is 23.4 Å². The molecule has 0 spiro atoms. The fourth-order valence-electron chi connectivity index (χ4n) is 3.97. The van der Waals surface area contributed by atoms with Gasteiger partial charge in [0.15, 0.2) is 11.3 Å². The van der Waals surface area contributed by atoms with Gasteiger partial charge >= 0.3 is 11.7 Å². The molecule has 15 heteroatoms. The minimum atomic E-state index is -0.987. The molecule has 0 fully saturated rings. The van der Waals surface area contributed by atoms with Gasteiger partial charge in [-0.25, -0.2) is 19.0 Å². The number of halogens is 1. The predicted octanol–water partition coefficient (Wildman–Crippen LogP) is 2.22. The van der Waals surface area contributed by atoms with Gasteiger partial charge in [0, 0.05) is 30.8 Å². The summed E-state index contributed by atoms with van der Waals surface area (Å²) in [7, 11) is 2.93. The van der Waals surface area contributed by atoms with Crippen LogP contribution >= 0.6 is 11.6 Å². The number of carbonyl (C=O) groups excluding carboxylic acids is 2. The molecule has 5 rings (SSSR count). The van der Waals surface area contributed by atoms with E-state index in [1.165, 1.54) is 20.2 Å². The molecule has 40 heavy (non-hydrogen) atoms.